The number of amides is 1. The van der Waals surface area contributed by atoms with Gasteiger partial charge in [0.2, 0.25) is 5.91 Å². The molecule has 1 aromatic rings. The molecule has 1 amide bonds. The van der Waals surface area contributed by atoms with Crippen molar-refractivity contribution in [1.82, 2.24) is 5.32 Å². The average Bonchev–Trinajstić information content (AvgIpc) is 2.15. The summed E-state index contributed by atoms with van der Waals surface area (Å²) in [4.78, 5) is 10.6. The van der Waals surface area contributed by atoms with Crippen molar-refractivity contribution in [1.29, 1.82) is 0 Å². The molecule has 0 atom stereocenters. The molecule has 0 bridgehead atoms. The Morgan fingerprint density at radius 3 is 2.47 bits per heavy atom. The molecule has 0 saturated heterocycles. The van der Waals surface area contributed by atoms with Gasteiger partial charge in [0.15, 0.2) is 0 Å². The SMILES string of the molecule is CC(=O)NCCOc1c(C)cccc1C. The Morgan fingerprint density at radius 1 is 1.33 bits per heavy atom. The zero-order chi connectivity index (χ0) is 11.3. The first kappa shape index (κ1) is 11.6. The molecule has 0 saturated carbocycles. The van der Waals surface area contributed by atoms with Gasteiger partial charge in [0.1, 0.15) is 12.4 Å². The molecule has 82 valence electrons. The van der Waals surface area contributed by atoms with E-state index in [4.69, 9.17) is 4.74 Å². The number of carbonyl (C=O) groups is 1. The van der Waals surface area contributed by atoms with Crippen LogP contribution in [0.15, 0.2) is 18.2 Å². The van der Waals surface area contributed by atoms with Crippen LogP contribution in [0.3, 0.4) is 0 Å². The zero-order valence-corrected chi connectivity index (χ0v) is 9.46. The van der Waals surface area contributed by atoms with Crippen molar-refractivity contribution >= 4 is 5.91 Å². The summed E-state index contributed by atoms with van der Waals surface area (Å²) in [5, 5.41) is 2.69. The fraction of sp³-hybridized carbons (Fsp3) is 0.417. The lowest BCUT2D eigenvalue weighted by molar-refractivity contribution is -0.119. The van der Waals surface area contributed by atoms with E-state index in [2.05, 4.69) is 5.32 Å². The first-order valence-corrected chi connectivity index (χ1v) is 5.04. The van der Waals surface area contributed by atoms with Gasteiger partial charge in [-0.05, 0) is 25.0 Å². The predicted molar refractivity (Wildman–Crippen MR) is 60.1 cm³/mol. The number of carbonyl (C=O) groups excluding carboxylic acids is 1. The monoisotopic (exact) mass is 207 g/mol. The summed E-state index contributed by atoms with van der Waals surface area (Å²) >= 11 is 0. The van der Waals surface area contributed by atoms with Crippen LogP contribution in [0.5, 0.6) is 5.75 Å². The number of ether oxygens (including phenoxy) is 1. The molecule has 3 nitrogen and oxygen atoms in total. The van der Waals surface area contributed by atoms with Gasteiger partial charge in [0.05, 0.1) is 6.54 Å². The van der Waals surface area contributed by atoms with E-state index in [1.807, 2.05) is 32.0 Å². The van der Waals surface area contributed by atoms with Crippen molar-refractivity contribution in [3.63, 3.8) is 0 Å². The lowest BCUT2D eigenvalue weighted by Gasteiger charge is -2.11. The van der Waals surface area contributed by atoms with Crippen molar-refractivity contribution in [2.75, 3.05) is 13.2 Å². The average molecular weight is 207 g/mol. The van der Waals surface area contributed by atoms with Crippen LogP contribution in [0.25, 0.3) is 0 Å². The van der Waals surface area contributed by atoms with Crippen molar-refractivity contribution in [2.24, 2.45) is 0 Å². The number of benzene rings is 1. The Hall–Kier alpha value is -1.51. The van der Waals surface area contributed by atoms with E-state index in [0.717, 1.165) is 16.9 Å². The molecule has 0 aliphatic rings. The van der Waals surface area contributed by atoms with Gasteiger partial charge in [-0.1, -0.05) is 18.2 Å². The largest absolute Gasteiger partial charge is 0.491 e. The number of nitrogens with one attached hydrogen (secondary N) is 1. The first-order chi connectivity index (χ1) is 7.11. The van der Waals surface area contributed by atoms with Crippen LogP contribution in [0.2, 0.25) is 0 Å². The van der Waals surface area contributed by atoms with E-state index < -0.39 is 0 Å². The molecule has 0 heterocycles. The maximum atomic E-state index is 10.6. The van der Waals surface area contributed by atoms with Crippen molar-refractivity contribution in [3.05, 3.63) is 29.3 Å². The molecule has 0 radical (unpaired) electrons. The molecular formula is C12H17NO2. The Bertz CT molecular complexity index is 327. The van der Waals surface area contributed by atoms with Gasteiger partial charge < -0.3 is 10.1 Å². The Balaban J connectivity index is 2.47. The number of aryl methyl sites for hydroxylation is 2. The summed E-state index contributed by atoms with van der Waals surface area (Å²) in [6, 6.07) is 6.03. The van der Waals surface area contributed by atoms with E-state index in [9.17, 15) is 4.79 Å². The number of rotatable bonds is 4. The van der Waals surface area contributed by atoms with Crippen LogP contribution >= 0.6 is 0 Å². The number of hydrogen-bond acceptors (Lipinski definition) is 2. The second-order valence-electron chi connectivity index (χ2n) is 3.55. The maximum Gasteiger partial charge on any atom is 0.216 e. The van der Waals surface area contributed by atoms with Crippen molar-refractivity contribution in [3.8, 4) is 5.75 Å². The Morgan fingerprint density at radius 2 is 1.93 bits per heavy atom. The van der Waals surface area contributed by atoms with Crippen LogP contribution in [0, 0.1) is 13.8 Å². The minimum absolute atomic E-state index is 0.0277. The van der Waals surface area contributed by atoms with Crippen LogP contribution in [-0.2, 0) is 4.79 Å². The number of hydrogen-bond donors (Lipinski definition) is 1. The highest BCUT2D eigenvalue weighted by Gasteiger charge is 2.02. The molecule has 3 heteroatoms. The highest BCUT2D eigenvalue weighted by molar-refractivity contribution is 5.72. The molecule has 0 aliphatic heterocycles. The van der Waals surface area contributed by atoms with E-state index in [1.165, 1.54) is 6.92 Å². The third-order valence-electron chi connectivity index (χ3n) is 2.13. The normalized spacial score (nSPS) is 9.80. The smallest absolute Gasteiger partial charge is 0.216 e. The fourth-order valence-corrected chi connectivity index (χ4v) is 1.41. The predicted octanol–water partition coefficient (Wildman–Crippen LogP) is 1.82. The summed E-state index contributed by atoms with van der Waals surface area (Å²) in [6.07, 6.45) is 0. The van der Waals surface area contributed by atoms with Crippen LogP contribution in [0.1, 0.15) is 18.1 Å². The summed E-state index contributed by atoms with van der Waals surface area (Å²) in [5.74, 6) is 0.892. The van der Waals surface area contributed by atoms with Gasteiger partial charge in [0.25, 0.3) is 0 Å². The highest BCUT2D eigenvalue weighted by Crippen LogP contribution is 2.21. The van der Waals surface area contributed by atoms with Gasteiger partial charge in [0, 0.05) is 6.92 Å². The summed E-state index contributed by atoms with van der Waals surface area (Å²) in [5.41, 5.74) is 2.25. The zero-order valence-electron chi connectivity index (χ0n) is 9.46. The molecule has 0 spiro atoms. The minimum atomic E-state index is -0.0277. The quantitative estimate of drug-likeness (QED) is 0.765. The highest BCUT2D eigenvalue weighted by atomic mass is 16.5. The molecular weight excluding hydrogens is 190 g/mol. The van der Waals surface area contributed by atoms with Crippen molar-refractivity contribution in [2.45, 2.75) is 20.8 Å². The van der Waals surface area contributed by atoms with Gasteiger partial charge in [-0.25, -0.2) is 0 Å². The summed E-state index contributed by atoms with van der Waals surface area (Å²) < 4.78 is 5.60. The summed E-state index contributed by atoms with van der Waals surface area (Å²) in [7, 11) is 0. The molecule has 0 aromatic heterocycles. The standard InChI is InChI=1S/C12H17NO2/c1-9-5-4-6-10(2)12(9)15-8-7-13-11(3)14/h4-6H,7-8H2,1-3H3,(H,13,14). The third kappa shape index (κ3) is 3.62. The first-order valence-electron chi connectivity index (χ1n) is 5.04. The van der Waals surface area contributed by atoms with Crippen LogP contribution < -0.4 is 10.1 Å². The summed E-state index contributed by atoms with van der Waals surface area (Å²) in [6.45, 7) is 6.58. The van der Waals surface area contributed by atoms with Gasteiger partial charge in [-0.15, -0.1) is 0 Å². The fourth-order valence-electron chi connectivity index (χ4n) is 1.41. The van der Waals surface area contributed by atoms with Crippen LogP contribution in [-0.4, -0.2) is 19.1 Å². The van der Waals surface area contributed by atoms with Gasteiger partial charge >= 0.3 is 0 Å². The Labute approximate surface area is 90.4 Å². The molecule has 0 aliphatic carbocycles. The Kier molecular flexibility index (Phi) is 4.16. The van der Waals surface area contributed by atoms with Crippen molar-refractivity contribution < 1.29 is 9.53 Å². The molecule has 15 heavy (non-hydrogen) atoms. The molecule has 1 rings (SSSR count). The molecule has 0 fully saturated rings. The minimum Gasteiger partial charge on any atom is -0.491 e. The van der Waals surface area contributed by atoms with Gasteiger partial charge in [-0.3, -0.25) is 4.79 Å². The number of para-hydroxylation sites is 1. The second-order valence-corrected chi connectivity index (χ2v) is 3.55. The molecule has 1 N–H and O–H groups in total. The lowest BCUT2D eigenvalue weighted by atomic mass is 10.1. The third-order valence-corrected chi connectivity index (χ3v) is 2.13. The van der Waals surface area contributed by atoms with E-state index in [1.54, 1.807) is 0 Å². The van der Waals surface area contributed by atoms with E-state index in [-0.39, 0.29) is 5.91 Å². The topological polar surface area (TPSA) is 38.3 Å². The second kappa shape index (κ2) is 5.39. The van der Waals surface area contributed by atoms with Gasteiger partial charge in [-0.2, -0.15) is 0 Å². The van der Waals surface area contributed by atoms with E-state index >= 15 is 0 Å². The molecule has 1 aromatic carbocycles. The molecule has 0 unspecified atom stereocenters. The maximum absolute atomic E-state index is 10.6. The van der Waals surface area contributed by atoms with Crippen LogP contribution in [0.4, 0.5) is 0 Å². The lowest BCUT2D eigenvalue weighted by Crippen LogP contribution is -2.25. The van der Waals surface area contributed by atoms with E-state index in [0.29, 0.717) is 13.2 Å².